The van der Waals surface area contributed by atoms with E-state index in [2.05, 4.69) is 34.3 Å². The summed E-state index contributed by atoms with van der Waals surface area (Å²) in [5.74, 6) is -0.577. The van der Waals surface area contributed by atoms with Crippen molar-refractivity contribution in [3.63, 3.8) is 0 Å². The van der Waals surface area contributed by atoms with E-state index in [0.29, 0.717) is 24.4 Å². The Morgan fingerprint density at radius 1 is 1.29 bits per heavy atom. The van der Waals surface area contributed by atoms with E-state index < -0.39 is 11.6 Å². The molecule has 1 aromatic carbocycles. The molecule has 1 aliphatic heterocycles. The molecule has 1 saturated heterocycles. The molecule has 0 bridgehead atoms. The molecule has 0 saturated carbocycles. The molecule has 7 heteroatoms. The summed E-state index contributed by atoms with van der Waals surface area (Å²) in [6.07, 6.45) is 0.912. The number of nitrogens with zero attached hydrogens (tertiary/aromatic N) is 3. The lowest BCUT2D eigenvalue weighted by Crippen LogP contribution is -2.38. The SMILES string of the molecule is Cc1nnc(CN[C@@H]2CCN(C(C)C)[C@@H]2c2ccc(F)c(F)c2)o1. The fraction of sp³-hybridized carbons (Fsp3) is 0.529. The van der Waals surface area contributed by atoms with Gasteiger partial charge in [-0.1, -0.05) is 6.07 Å². The standard InChI is InChI=1S/C17H22F2N4O/c1-10(2)23-7-6-15(20-9-16-22-21-11(3)24-16)17(23)12-4-5-13(18)14(19)8-12/h4-5,8,10,15,17,20H,6-7,9H2,1-3H3/t15-,17-/m1/s1. The molecule has 0 radical (unpaired) electrons. The van der Waals surface area contributed by atoms with Crippen molar-refractivity contribution in [2.45, 2.75) is 51.9 Å². The second-order valence-corrected chi connectivity index (χ2v) is 6.44. The molecule has 2 atom stereocenters. The van der Waals surface area contributed by atoms with Gasteiger partial charge >= 0.3 is 0 Å². The zero-order chi connectivity index (χ0) is 17.3. The van der Waals surface area contributed by atoms with E-state index in [4.69, 9.17) is 4.42 Å². The fourth-order valence-corrected chi connectivity index (χ4v) is 3.36. The number of likely N-dealkylation sites (tertiary alicyclic amines) is 1. The van der Waals surface area contributed by atoms with Crippen LogP contribution in [0.25, 0.3) is 0 Å². The van der Waals surface area contributed by atoms with Gasteiger partial charge in [0.1, 0.15) is 0 Å². The van der Waals surface area contributed by atoms with Crippen molar-refractivity contribution in [1.29, 1.82) is 0 Å². The smallest absolute Gasteiger partial charge is 0.230 e. The quantitative estimate of drug-likeness (QED) is 0.910. The molecular weight excluding hydrogens is 314 g/mol. The minimum atomic E-state index is -0.821. The molecule has 2 aromatic rings. The van der Waals surface area contributed by atoms with Gasteiger partial charge in [0.15, 0.2) is 11.6 Å². The molecule has 0 unspecified atom stereocenters. The van der Waals surface area contributed by atoms with E-state index in [0.717, 1.165) is 18.5 Å². The Morgan fingerprint density at radius 2 is 2.08 bits per heavy atom. The van der Waals surface area contributed by atoms with Crippen molar-refractivity contribution in [1.82, 2.24) is 20.4 Å². The van der Waals surface area contributed by atoms with Gasteiger partial charge in [0.25, 0.3) is 0 Å². The third-order valence-corrected chi connectivity index (χ3v) is 4.47. The Balaban J connectivity index is 1.80. The highest BCUT2D eigenvalue weighted by atomic mass is 19.2. The molecule has 1 fully saturated rings. The summed E-state index contributed by atoms with van der Waals surface area (Å²) in [6.45, 7) is 7.31. The van der Waals surface area contributed by atoms with Gasteiger partial charge in [0, 0.05) is 25.6 Å². The van der Waals surface area contributed by atoms with Crippen molar-refractivity contribution < 1.29 is 13.2 Å². The first-order valence-corrected chi connectivity index (χ1v) is 8.18. The van der Waals surface area contributed by atoms with Crippen molar-refractivity contribution in [2.24, 2.45) is 0 Å². The molecule has 0 amide bonds. The largest absolute Gasteiger partial charge is 0.424 e. The molecule has 130 valence electrons. The Labute approximate surface area is 140 Å². The van der Waals surface area contributed by atoms with Crippen LogP contribution in [0.2, 0.25) is 0 Å². The Hall–Kier alpha value is -1.86. The highest BCUT2D eigenvalue weighted by Crippen LogP contribution is 2.34. The van der Waals surface area contributed by atoms with Gasteiger partial charge in [-0.2, -0.15) is 0 Å². The maximum absolute atomic E-state index is 13.7. The van der Waals surface area contributed by atoms with Gasteiger partial charge in [0.2, 0.25) is 11.8 Å². The Bertz CT molecular complexity index is 704. The van der Waals surface area contributed by atoms with Crippen molar-refractivity contribution in [3.05, 3.63) is 47.2 Å². The molecule has 2 heterocycles. The zero-order valence-corrected chi connectivity index (χ0v) is 14.1. The third kappa shape index (κ3) is 3.47. The molecule has 0 aliphatic carbocycles. The number of hydrogen-bond donors (Lipinski definition) is 1. The van der Waals surface area contributed by atoms with E-state index in [1.165, 1.54) is 12.1 Å². The third-order valence-electron chi connectivity index (χ3n) is 4.47. The second kappa shape index (κ2) is 6.94. The van der Waals surface area contributed by atoms with E-state index >= 15 is 0 Å². The summed E-state index contributed by atoms with van der Waals surface area (Å²) in [7, 11) is 0. The lowest BCUT2D eigenvalue weighted by molar-refractivity contribution is 0.188. The normalized spacial score (nSPS) is 21.8. The van der Waals surface area contributed by atoms with Gasteiger partial charge < -0.3 is 9.73 Å². The van der Waals surface area contributed by atoms with E-state index in [-0.39, 0.29) is 12.1 Å². The van der Waals surface area contributed by atoms with Crippen LogP contribution in [-0.2, 0) is 6.54 Å². The maximum atomic E-state index is 13.7. The first-order chi connectivity index (χ1) is 11.5. The van der Waals surface area contributed by atoms with Crippen LogP contribution in [0.3, 0.4) is 0 Å². The van der Waals surface area contributed by atoms with Crippen LogP contribution < -0.4 is 5.32 Å². The average Bonchev–Trinajstić information content (AvgIpc) is 3.14. The first kappa shape index (κ1) is 17.0. The minimum Gasteiger partial charge on any atom is -0.424 e. The molecule has 0 spiro atoms. The fourth-order valence-electron chi connectivity index (χ4n) is 3.36. The number of aryl methyl sites for hydroxylation is 1. The van der Waals surface area contributed by atoms with E-state index in [9.17, 15) is 8.78 Å². The van der Waals surface area contributed by atoms with Gasteiger partial charge in [0.05, 0.1) is 12.6 Å². The number of rotatable bonds is 5. The molecule has 5 nitrogen and oxygen atoms in total. The lowest BCUT2D eigenvalue weighted by atomic mass is 9.99. The van der Waals surface area contributed by atoms with Gasteiger partial charge in [-0.3, -0.25) is 4.90 Å². The van der Waals surface area contributed by atoms with Gasteiger partial charge in [-0.05, 0) is 38.0 Å². The summed E-state index contributed by atoms with van der Waals surface area (Å²) in [5, 5.41) is 11.2. The Kier molecular flexibility index (Phi) is 4.91. The average molecular weight is 336 g/mol. The topological polar surface area (TPSA) is 54.2 Å². The first-order valence-electron chi connectivity index (χ1n) is 8.18. The zero-order valence-electron chi connectivity index (χ0n) is 14.1. The predicted octanol–water partition coefficient (Wildman–Crippen LogP) is 2.97. The van der Waals surface area contributed by atoms with Crippen LogP contribution in [0.15, 0.2) is 22.6 Å². The molecule has 3 rings (SSSR count). The Morgan fingerprint density at radius 3 is 2.71 bits per heavy atom. The summed E-state index contributed by atoms with van der Waals surface area (Å²) in [4.78, 5) is 2.30. The highest BCUT2D eigenvalue weighted by molar-refractivity contribution is 5.24. The van der Waals surface area contributed by atoms with Crippen molar-refractivity contribution >= 4 is 0 Å². The number of halogens is 2. The summed E-state index contributed by atoms with van der Waals surface area (Å²) in [5.41, 5.74) is 0.777. The lowest BCUT2D eigenvalue weighted by Gasteiger charge is -2.32. The van der Waals surface area contributed by atoms with Crippen LogP contribution in [0, 0.1) is 18.6 Å². The minimum absolute atomic E-state index is 0.0240. The van der Waals surface area contributed by atoms with Crippen molar-refractivity contribution in [2.75, 3.05) is 6.54 Å². The van der Waals surface area contributed by atoms with Crippen LogP contribution in [0.4, 0.5) is 8.78 Å². The molecule has 1 aliphatic rings. The number of nitrogens with one attached hydrogen (secondary N) is 1. The van der Waals surface area contributed by atoms with Crippen LogP contribution >= 0.6 is 0 Å². The van der Waals surface area contributed by atoms with Crippen LogP contribution in [0.1, 0.15) is 43.7 Å². The molecular formula is C17H22F2N4O. The van der Waals surface area contributed by atoms with Gasteiger partial charge in [-0.15, -0.1) is 10.2 Å². The second-order valence-electron chi connectivity index (χ2n) is 6.44. The molecule has 1 N–H and O–H groups in total. The molecule has 1 aromatic heterocycles. The van der Waals surface area contributed by atoms with E-state index in [1.807, 2.05) is 0 Å². The van der Waals surface area contributed by atoms with Crippen LogP contribution in [-0.4, -0.2) is 33.7 Å². The highest BCUT2D eigenvalue weighted by Gasteiger charge is 2.36. The summed E-state index contributed by atoms with van der Waals surface area (Å²) >= 11 is 0. The maximum Gasteiger partial charge on any atom is 0.230 e. The molecule has 24 heavy (non-hydrogen) atoms. The summed E-state index contributed by atoms with van der Waals surface area (Å²) < 4.78 is 32.4. The number of hydrogen-bond acceptors (Lipinski definition) is 5. The summed E-state index contributed by atoms with van der Waals surface area (Å²) in [6, 6.07) is 4.54. The van der Waals surface area contributed by atoms with E-state index in [1.54, 1.807) is 13.0 Å². The predicted molar refractivity (Wildman–Crippen MR) is 85.2 cm³/mol. The number of aromatic nitrogens is 2. The van der Waals surface area contributed by atoms with Crippen molar-refractivity contribution in [3.8, 4) is 0 Å². The number of benzene rings is 1. The monoisotopic (exact) mass is 336 g/mol. The van der Waals surface area contributed by atoms with Gasteiger partial charge in [-0.25, -0.2) is 8.78 Å². The van der Waals surface area contributed by atoms with Crippen LogP contribution in [0.5, 0.6) is 0 Å².